The Balaban J connectivity index is 1.62. The van der Waals surface area contributed by atoms with E-state index in [9.17, 15) is 5.11 Å². The van der Waals surface area contributed by atoms with Crippen LogP contribution in [0.1, 0.15) is 41.8 Å². The van der Waals surface area contributed by atoms with Gasteiger partial charge < -0.3 is 9.67 Å². The Morgan fingerprint density at radius 2 is 2.10 bits per heavy atom. The molecule has 21 heavy (non-hydrogen) atoms. The van der Waals surface area contributed by atoms with Crippen LogP contribution in [0.15, 0.2) is 29.4 Å². The van der Waals surface area contributed by atoms with Crippen molar-refractivity contribution in [3.8, 4) is 6.07 Å². The van der Waals surface area contributed by atoms with Crippen molar-refractivity contribution in [3.05, 3.63) is 41.2 Å². The number of rotatable bonds is 5. The highest BCUT2D eigenvalue weighted by Gasteiger charge is 2.29. The third-order valence-electron chi connectivity index (χ3n) is 3.61. The Hall–Kier alpha value is -1.84. The zero-order chi connectivity index (χ0) is 14.8. The smallest absolute Gasteiger partial charge is 0.191 e. The normalized spacial score (nSPS) is 15.7. The number of hydrogen-bond donors (Lipinski definition) is 1. The van der Waals surface area contributed by atoms with E-state index in [1.54, 1.807) is 24.3 Å². The van der Waals surface area contributed by atoms with Crippen LogP contribution in [0, 0.1) is 11.3 Å². The predicted molar refractivity (Wildman–Crippen MR) is 79.8 cm³/mol. The molecule has 2 aromatic rings. The number of nitriles is 1. The summed E-state index contributed by atoms with van der Waals surface area (Å²) in [5.41, 5.74) is 1.41. The van der Waals surface area contributed by atoms with Gasteiger partial charge in [0.25, 0.3) is 0 Å². The molecule has 1 aromatic carbocycles. The third-order valence-corrected chi connectivity index (χ3v) is 4.70. The summed E-state index contributed by atoms with van der Waals surface area (Å²) in [5.74, 6) is 2.13. The van der Waals surface area contributed by atoms with Crippen LogP contribution < -0.4 is 0 Å². The van der Waals surface area contributed by atoms with Crippen LogP contribution >= 0.6 is 11.8 Å². The van der Waals surface area contributed by atoms with Crippen LogP contribution in [0.4, 0.5) is 0 Å². The van der Waals surface area contributed by atoms with Gasteiger partial charge in [0.15, 0.2) is 5.16 Å². The highest BCUT2D eigenvalue weighted by molar-refractivity contribution is 7.99. The van der Waals surface area contributed by atoms with E-state index in [0.717, 1.165) is 16.5 Å². The average molecular weight is 300 g/mol. The minimum atomic E-state index is -0.580. The van der Waals surface area contributed by atoms with Crippen LogP contribution in [0.25, 0.3) is 0 Å². The molecule has 1 fully saturated rings. The lowest BCUT2D eigenvalue weighted by Gasteiger charge is -2.10. The molecule has 0 spiro atoms. The largest absolute Gasteiger partial charge is 0.388 e. The monoisotopic (exact) mass is 300 g/mol. The third kappa shape index (κ3) is 3.09. The zero-order valence-corrected chi connectivity index (χ0v) is 12.5. The second-order valence-electron chi connectivity index (χ2n) is 5.23. The number of thioether (sulfide) groups is 1. The SMILES string of the molecule is Cn1c(SCC(O)c2ccc(C#N)cc2)nnc1C1CC1. The van der Waals surface area contributed by atoms with E-state index in [2.05, 4.69) is 16.3 Å². The molecule has 1 aliphatic rings. The quantitative estimate of drug-likeness (QED) is 0.858. The second-order valence-corrected chi connectivity index (χ2v) is 6.22. The van der Waals surface area contributed by atoms with Gasteiger partial charge in [-0.3, -0.25) is 0 Å². The first-order valence-electron chi connectivity index (χ1n) is 6.89. The van der Waals surface area contributed by atoms with Gasteiger partial charge in [0, 0.05) is 18.7 Å². The molecule has 0 aliphatic heterocycles. The van der Waals surface area contributed by atoms with Gasteiger partial charge in [-0.15, -0.1) is 10.2 Å². The summed E-state index contributed by atoms with van der Waals surface area (Å²) in [6, 6.07) is 9.08. The first-order chi connectivity index (χ1) is 10.2. The molecule has 1 aliphatic carbocycles. The molecule has 0 saturated heterocycles. The van der Waals surface area contributed by atoms with E-state index in [-0.39, 0.29) is 0 Å². The maximum absolute atomic E-state index is 10.2. The highest BCUT2D eigenvalue weighted by atomic mass is 32.2. The van der Waals surface area contributed by atoms with Gasteiger partial charge >= 0.3 is 0 Å². The molecule has 3 rings (SSSR count). The zero-order valence-electron chi connectivity index (χ0n) is 11.7. The maximum Gasteiger partial charge on any atom is 0.191 e. The van der Waals surface area contributed by atoms with Crippen LogP contribution in [0.2, 0.25) is 0 Å². The van der Waals surface area contributed by atoms with Crippen molar-refractivity contribution in [3.63, 3.8) is 0 Å². The number of aliphatic hydroxyl groups excluding tert-OH is 1. The first kappa shape index (κ1) is 14.1. The lowest BCUT2D eigenvalue weighted by atomic mass is 10.1. The Morgan fingerprint density at radius 3 is 2.71 bits per heavy atom. The molecule has 108 valence electrons. The first-order valence-corrected chi connectivity index (χ1v) is 7.88. The molecular weight excluding hydrogens is 284 g/mol. The molecule has 0 amide bonds. The van der Waals surface area contributed by atoms with Gasteiger partial charge in [-0.05, 0) is 30.5 Å². The van der Waals surface area contributed by atoms with Gasteiger partial charge in [0.05, 0.1) is 17.7 Å². The van der Waals surface area contributed by atoms with Crippen molar-refractivity contribution in [2.45, 2.75) is 30.0 Å². The predicted octanol–water partition coefficient (Wildman–Crippen LogP) is 2.39. The fraction of sp³-hybridized carbons (Fsp3) is 0.400. The minimum absolute atomic E-state index is 0.516. The summed E-state index contributed by atoms with van der Waals surface area (Å²) in [5, 5.41) is 28.2. The minimum Gasteiger partial charge on any atom is -0.388 e. The molecule has 1 N–H and O–H groups in total. The molecule has 6 heteroatoms. The van der Waals surface area contributed by atoms with E-state index in [1.165, 1.54) is 24.6 Å². The number of aliphatic hydroxyl groups is 1. The van der Waals surface area contributed by atoms with Crippen molar-refractivity contribution >= 4 is 11.8 Å². The van der Waals surface area contributed by atoms with Crippen molar-refractivity contribution in [1.29, 1.82) is 5.26 Å². The van der Waals surface area contributed by atoms with E-state index in [0.29, 0.717) is 17.2 Å². The molecule has 1 saturated carbocycles. The van der Waals surface area contributed by atoms with Crippen LogP contribution in [-0.4, -0.2) is 25.6 Å². The maximum atomic E-state index is 10.2. The summed E-state index contributed by atoms with van der Waals surface area (Å²) in [4.78, 5) is 0. The van der Waals surface area contributed by atoms with E-state index >= 15 is 0 Å². The average Bonchev–Trinajstić information content (AvgIpc) is 3.29. The van der Waals surface area contributed by atoms with Crippen molar-refractivity contribution in [1.82, 2.24) is 14.8 Å². The Kier molecular flexibility index (Phi) is 3.95. The molecule has 0 bridgehead atoms. The molecule has 5 nitrogen and oxygen atoms in total. The molecule has 1 heterocycles. The van der Waals surface area contributed by atoms with E-state index in [4.69, 9.17) is 5.26 Å². The van der Waals surface area contributed by atoms with Gasteiger partial charge in [-0.1, -0.05) is 23.9 Å². The fourth-order valence-electron chi connectivity index (χ4n) is 2.18. The summed E-state index contributed by atoms with van der Waals surface area (Å²) < 4.78 is 2.02. The van der Waals surface area contributed by atoms with E-state index in [1.807, 2.05) is 11.6 Å². The second kappa shape index (κ2) is 5.88. The van der Waals surface area contributed by atoms with Crippen molar-refractivity contribution in [2.24, 2.45) is 7.05 Å². The molecular formula is C15H16N4OS. The van der Waals surface area contributed by atoms with Gasteiger partial charge in [-0.25, -0.2) is 0 Å². The number of hydrogen-bond acceptors (Lipinski definition) is 5. The summed E-state index contributed by atoms with van der Waals surface area (Å²) in [6.07, 6.45) is 1.82. The van der Waals surface area contributed by atoms with Crippen LogP contribution in [-0.2, 0) is 7.05 Å². The number of benzene rings is 1. The summed E-state index contributed by atoms with van der Waals surface area (Å²) >= 11 is 1.50. The van der Waals surface area contributed by atoms with Crippen LogP contribution in [0.5, 0.6) is 0 Å². The highest BCUT2D eigenvalue weighted by Crippen LogP contribution is 2.39. The number of aromatic nitrogens is 3. The Labute approximate surface area is 127 Å². The molecule has 0 radical (unpaired) electrons. The molecule has 1 atom stereocenters. The van der Waals surface area contributed by atoms with Crippen LogP contribution in [0.3, 0.4) is 0 Å². The topological polar surface area (TPSA) is 74.7 Å². The van der Waals surface area contributed by atoms with Crippen molar-refractivity contribution < 1.29 is 5.11 Å². The summed E-state index contributed by atoms with van der Waals surface area (Å²) in [6.45, 7) is 0. The number of nitrogens with zero attached hydrogens (tertiary/aromatic N) is 4. The lowest BCUT2D eigenvalue weighted by Crippen LogP contribution is -2.03. The van der Waals surface area contributed by atoms with Gasteiger partial charge in [0.2, 0.25) is 0 Å². The Bertz CT molecular complexity index is 670. The Morgan fingerprint density at radius 1 is 1.38 bits per heavy atom. The fourth-order valence-corrected chi connectivity index (χ4v) is 3.06. The standard InChI is InChI=1S/C15H16N4OS/c1-19-14(12-6-7-12)17-18-15(19)21-9-13(20)11-4-2-10(8-16)3-5-11/h2-5,12-13,20H,6-7,9H2,1H3. The molecule has 1 unspecified atom stereocenters. The summed E-state index contributed by atoms with van der Waals surface area (Å²) in [7, 11) is 1.98. The van der Waals surface area contributed by atoms with Gasteiger partial charge in [0.1, 0.15) is 5.82 Å². The lowest BCUT2D eigenvalue weighted by molar-refractivity contribution is 0.204. The molecule has 1 aromatic heterocycles. The van der Waals surface area contributed by atoms with Gasteiger partial charge in [-0.2, -0.15) is 5.26 Å². The van der Waals surface area contributed by atoms with Crippen molar-refractivity contribution in [2.75, 3.05) is 5.75 Å². The van der Waals surface area contributed by atoms with E-state index < -0.39 is 6.10 Å².